The molecule has 1 aromatic rings. The first kappa shape index (κ1) is 13.9. The van der Waals surface area contributed by atoms with E-state index in [4.69, 9.17) is 9.52 Å². The molecule has 1 atom stereocenters. The van der Waals surface area contributed by atoms with E-state index in [0.29, 0.717) is 24.9 Å². The Morgan fingerprint density at radius 1 is 1.47 bits per heavy atom. The number of anilines is 1. The molecule has 0 aliphatic heterocycles. The first-order valence-corrected chi connectivity index (χ1v) is 6.07. The highest BCUT2D eigenvalue weighted by atomic mass is 16.4. The van der Waals surface area contributed by atoms with Gasteiger partial charge in [0.25, 0.3) is 0 Å². The largest absolute Gasteiger partial charge is 0.406 e. The molecule has 1 aromatic heterocycles. The summed E-state index contributed by atoms with van der Waals surface area (Å²) in [5.41, 5.74) is 0. The third-order valence-corrected chi connectivity index (χ3v) is 2.48. The summed E-state index contributed by atoms with van der Waals surface area (Å²) in [6.45, 7) is 5.91. The number of hydrogen-bond donors (Lipinski definition) is 2. The van der Waals surface area contributed by atoms with Crippen LogP contribution >= 0.6 is 0 Å². The maximum absolute atomic E-state index is 8.75. The monoisotopic (exact) mass is 242 g/mol. The Labute approximate surface area is 102 Å². The minimum atomic E-state index is 0.0717. The lowest BCUT2D eigenvalue weighted by atomic mass is 10.3. The van der Waals surface area contributed by atoms with Crippen molar-refractivity contribution in [3.8, 4) is 0 Å². The number of nitrogens with one attached hydrogen (secondary N) is 1. The van der Waals surface area contributed by atoms with Crippen LogP contribution in [0.15, 0.2) is 4.42 Å². The molecule has 0 radical (unpaired) electrons. The van der Waals surface area contributed by atoms with Crippen molar-refractivity contribution in [1.82, 2.24) is 15.5 Å². The second kappa shape index (κ2) is 7.24. The van der Waals surface area contributed by atoms with Gasteiger partial charge in [-0.1, -0.05) is 12.0 Å². The Hall–Kier alpha value is -1.14. The van der Waals surface area contributed by atoms with E-state index in [1.807, 2.05) is 18.9 Å². The number of aliphatic hydroxyl groups is 1. The Bertz CT molecular complexity index is 288. The molecule has 6 heteroatoms. The van der Waals surface area contributed by atoms with Gasteiger partial charge in [0.2, 0.25) is 5.89 Å². The van der Waals surface area contributed by atoms with Crippen LogP contribution in [0, 0.1) is 0 Å². The van der Waals surface area contributed by atoms with E-state index in [-0.39, 0.29) is 12.6 Å². The summed E-state index contributed by atoms with van der Waals surface area (Å²) in [4.78, 5) is 1.85. The lowest BCUT2D eigenvalue weighted by molar-refractivity contribution is 0.289. The van der Waals surface area contributed by atoms with Crippen LogP contribution in [0.25, 0.3) is 0 Å². The van der Waals surface area contributed by atoms with Crippen molar-refractivity contribution in [2.24, 2.45) is 0 Å². The molecule has 0 aliphatic rings. The number of aliphatic hydroxyl groups excluding tert-OH is 1. The van der Waals surface area contributed by atoms with Crippen molar-refractivity contribution >= 4 is 6.01 Å². The van der Waals surface area contributed by atoms with Crippen LogP contribution in [0.2, 0.25) is 0 Å². The Kier molecular flexibility index (Phi) is 5.93. The highest BCUT2D eigenvalue weighted by Gasteiger charge is 2.15. The maximum Gasteiger partial charge on any atom is 0.317 e. The summed E-state index contributed by atoms with van der Waals surface area (Å²) in [5, 5.41) is 20.0. The standard InChI is InChI=1S/C11H22N4O2/c1-4-6-12-9(2)10-13-14-11(17-10)15(3)7-5-8-16/h9,12,16H,4-8H2,1-3H3. The minimum absolute atomic E-state index is 0.0717. The quantitative estimate of drug-likeness (QED) is 0.707. The second-order valence-electron chi connectivity index (χ2n) is 4.10. The molecule has 0 aliphatic carbocycles. The van der Waals surface area contributed by atoms with Crippen LogP contribution < -0.4 is 10.2 Å². The molecule has 2 N–H and O–H groups in total. The van der Waals surface area contributed by atoms with Crippen LogP contribution in [0.1, 0.15) is 38.6 Å². The van der Waals surface area contributed by atoms with Gasteiger partial charge in [-0.25, -0.2) is 0 Å². The lowest BCUT2D eigenvalue weighted by Gasteiger charge is -2.12. The molecular formula is C11H22N4O2. The van der Waals surface area contributed by atoms with E-state index >= 15 is 0 Å². The fraction of sp³-hybridized carbons (Fsp3) is 0.818. The molecule has 0 bridgehead atoms. The number of nitrogens with zero attached hydrogens (tertiary/aromatic N) is 3. The van der Waals surface area contributed by atoms with Gasteiger partial charge in [0.1, 0.15) is 0 Å². The van der Waals surface area contributed by atoms with Crippen LogP contribution in [0.3, 0.4) is 0 Å². The van der Waals surface area contributed by atoms with Crippen molar-refractivity contribution in [3.63, 3.8) is 0 Å². The molecule has 0 saturated carbocycles. The molecule has 0 aromatic carbocycles. The summed E-state index contributed by atoms with van der Waals surface area (Å²) < 4.78 is 5.56. The van der Waals surface area contributed by atoms with E-state index in [1.54, 1.807) is 0 Å². The van der Waals surface area contributed by atoms with Crippen LogP contribution in [-0.4, -0.2) is 42.0 Å². The summed E-state index contributed by atoms with van der Waals surface area (Å²) in [5.74, 6) is 0.601. The molecular weight excluding hydrogens is 220 g/mol. The number of rotatable bonds is 8. The zero-order valence-electron chi connectivity index (χ0n) is 10.8. The summed E-state index contributed by atoms with van der Waals surface area (Å²) in [6.07, 6.45) is 1.76. The van der Waals surface area contributed by atoms with Crippen LogP contribution in [-0.2, 0) is 0 Å². The Balaban J connectivity index is 2.51. The third-order valence-electron chi connectivity index (χ3n) is 2.48. The summed E-state index contributed by atoms with van der Waals surface area (Å²) in [6, 6.07) is 0.570. The van der Waals surface area contributed by atoms with Gasteiger partial charge in [-0.2, -0.15) is 0 Å². The Morgan fingerprint density at radius 3 is 2.88 bits per heavy atom. The summed E-state index contributed by atoms with van der Waals surface area (Å²) in [7, 11) is 1.87. The lowest BCUT2D eigenvalue weighted by Crippen LogP contribution is -2.20. The van der Waals surface area contributed by atoms with Crippen molar-refractivity contribution in [2.45, 2.75) is 32.7 Å². The van der Waals surface area contributed by atoms with Gasteiger partial charge in [-0.15, -0.1) is 5.10 Å². The van der Waals surface area contributed by atoms with Crippen LogP contribution in [0.4, 0.5) is 6.01 Å². The molecule has 17 heavy (non-hydrogen) atoms. The molecule has 98 valence electrons. The van der Waals surface area contributed by atoms with Gasteiger partial charge in [0, 0.05) is 20.2 Å². The zero-order valence-corrected chi connectivity index (χ0v) is 10.8. The van der Waals surface area contributed by atoms with Crippen molar-refractivity contribution < 1.29 is 9.52 Å². The van der Waals surface area contributed by atoms with E-state index in [0.717, 1.165) is 13.0 Å². The molecule has 1 unspecified atom stereocenters. The molecule has 0 spiro atoms. The molecule has 1 rings (SSSR count). The normalized spacial score (nSPS) is 12.7. The topological polar surface area (TPSA) is 74.4 Å². The van der Waals surface area contributed by atoms with Gasteiger partial charge >= 0.3 is 6.01 Å². The predicted octanol–water partition coefficient (Wildman–Crippen LogP) is 0.949. The predicted molar refractivity (Wildman–Crippen MR) is 66.0 cm³/mol. The summed E-state index contributed by atoms with van der Waals surface area (Å²) >= 11 is 0. The van der Waals surface area contributed by atoms with Crippen molar-refractivity contribution in [1.29, 1.82) is 0 Å². The van der Waals surface area contributed by atoms with E-state index < -0.39 is 0 Å². The van der Waals surface area contributed by atoms with Gasteiger partial charge in [0.05, 0.1) is 6.04 Å². The molecule has 0 fully saturated rings. The number of hydrogen-bond acceptors (Lipinski definition) is 6. The van der Waals surface area contributed by atoms with Gasteiger partial charge in [-0.3, -0.25) is 0 Å². The molecule has 0 amide bonds. The van der Waals surface area contributed by atoms with Crippen molar-refractivity contribution in [3.05, 3.63) is 5.89 Å². The third kappa shape index (κ3) is 4.32. The molecule has 1 heterocycles. The van der Waals surface area contributed by atoms with E-state index in [9.17, 15) is 0 Å². The number of aromatic nitrogens is 2. The van der Waals surface area contributed by atoms with Gasteiger partial charge in [-0.05, 0) is 26.3 Å². The first-order chi connectivity index (χ1) is 8.19. The Morgan fingerprint density at radius 2 is 2.24 bits per heavy atom. The molecule has 0 saturated heterocycles. The highest BCUT2D eigenvalue weighted by molar-refractivity contribution is 5.21. The van der Waals surface area contributed by atoms with Crippen molar-refractivity contribution in [2.75, 3.05) is 31.6 Å². The molecule has 6 nitrogen and oxygen atoms in total. The van der Waals surface area contributed by atoms with E-state index in [1.165, 1.54) is 0 Å². The maximum atomic E-state index is 8.75. The van der Waals surface area contributed by atoms with E-state index in [2.05, 4.69) is 22.4 Å². The SMILES string of the molecule is CCCNC(C)c1nnc(N(C)CCCO)o1. The fourth-order valence-electron chi connectivity index (χ4n) is 1.41. The first-order valence-electron chi connectivity index (χ1n) is 6.07. The average Bonchev–Trinajstić information content (AvgIpc) is 2.82. The minimum Gasteiger partial charge on any atom is -0.406 e. The highest BCUT2D eigenvalue weighted by Crippen LogP contribution is 2.16. The zero-order chi connectivity index (χ0) is 12.7. The second-order valence-corrected chi connectivity index (χ2v) is 4.10. The fourth-order valence-corrected chi connectivity index (χ4v) is 1.41. The smallest absolute Gasteiger partial charge is 0.317 e. The van der Waals surface area contributed by atoms with Crippen LogP contribution in [0.5, 0.6) is 0 Å². The van der Waals surface area contributed by atoms with Gasteiger partial charge < -0.3 is 19.7 Å². The average molecular weight is 242 g/mol. The van der Waals surface area contributed by atoms with Gasteiger partial charge in [0.15, 0.2) is 0 Å².